The molecule has 0 amide bonds. The Hall–Kier alpha value is -1.81. The lowest BCUT2D eigenvalue weighted by molar-refractivity contribution is 0.403. The normalized spacial score (nSPS) is 14.1. The van der Waals surface area contributed by atoms with E-state index in [1.807, 2.05) is 30.6 Å². The predicted octanol–water partition coefficient (Wildman–Crippen LogP) is 2.70. The predicted molar refractivity (Wildman–Crippen MR) is 76.3 cm³/mol. The summed E-state index contributed by atoms with van der Waals surface area (Å²) < 4.78 is 5.38. The molecule has 0 saturated heterocycles. The fourth-order valence-corrected chi connectivity index (χ4v) is 2.28. The smallest absolute Gasteiger partial charge is 0.122 e. The minimum absolute atomic E-state index is 0.281. The van der Waals surface area contributed by atoms with Crippen LogP contribution in [-0.4, -0.2) is 23.3 Å². The maximum Gasteiger partial charge on any atom is 0.122 e. The van der Waals surface area contributed by atoms with Crippen molar-refractivity contribution in [3.63, 3.8) is 0 Å². The molecule has 4 nitrogen and oxygen atoms in total. The van der Waals surface area contributed by atoms with Gasteiger partial charge in [-0.2, -0.15) is 5.10 Å². The standard InChI is InChI=1S/C15H21N3O/c1-11(18-12(2)14-9-16-17-10-14)8-13-6-4-5-7-15(13)19-3/h4-7,9-12,18H,8H2,1-3H3,(H,16,17). The van der Waals surface area contributed by atoms with Gasteiger partial charge in [-0.15, -0.1) is 0 Å². The van der Waals surface area contributed by atoms with Gasteiger partial charge in [-0.3, -0.25) is 5.10 Å². The summed E-state index contributed by atoms with van der Waals surface area (Å²) in [6.07, 6.45) is 4.72. The molecule has 0 radical (unpaired) electrons. The number of hydrogen-bond donors (Lipinski definition) is 2. The minimum atomic E-state index is 0.281. The van der Waals surface area contributed by atoms with E-state index in [-0.39, 0.29) is 6.04 Å². The van der Waals surface area contributed by atoms with Crippen molar-refractivity contribution in [3.8, 4) is 5.75 Å². The van der Waals surface area contributed by atoms with Gasteiger partial charge in [0.1, 0.15) is 5.75 Å². The molecule has 102 valence electrons. The number of para-hydroxylation sites is 1. The van der Waals surface area contributed by atoms with Gasteiger partial charge in [0.05, 0.1) is 13.3 Å². The van der Waals surface area contributed by atoms with Crippen LogP contribution in [0.2, 0.25) is 0 Å². The van der Waals surface area contributed by atoms with Crippen molar-refractivity contribution < 1.29 is 4.74 Å². The zero-order valence-corrected chi connectivity index (χ0v) is 11.7. The molecule has 2 unspecified atom stereocenters. The number of aromatic amines is 1. The molecular formula is C15H21N3O. The third-order valence-electron chi connectivity index (χ3n) is 3.27. The van der Waals surface area contributed by atoms with Gasteiger partial charge >= 0.3 is 0 Å². The van der Waals surface area contributed by atoms with Crippen molar-refractivity contribution in [2.24, 2.45) is 0 Å². The van der Waals surface area contributed by atoms with E-state index >= 15 is 0 Å². The third kappa shape index (κ3) is 3.58. The van der Waals surface area contributed by atoms with E-state index < -0.39 is 0 Å². The highest BCUT2D eigenvalue weighted by atomic mass is 16.5. The molecule has 2 N–H and O–H groups in total. The largest absolute Gasteiger partial charge is 0.496 e. The van der Waals surface area contributed by atoms with E-state index in [2.05, 4.69) is 35.4 Å². The summed E-state index contributed by atoms with van der Waals surface area (Å²) in [5, 5.41) is 10.4. The van der Waals surface area contributed by atoms with Crippen molar-refractivity contribution >= 4 is 0 Å². The summed E-state index contributed by atoms with van der Waals surface area (Å²) in [5.74, 6) is 0.951. The highest BCUT2D eigenvalue weighted by Gasteiger charge is 2.12. The van der Waals surface area contributed by atoms with Crippen molar-refractivity contribution in [1.29, 1.82) is 0 Å². The van der Waals surface area contributed by atoms with Crippen LogP contribution in [0.5, 0.6) is 5.75 Å². The third-order valence-corrected chi connectivity index (χ3v) is 3.27. The van der Waals surface area contributed by atoms with Crippen LogP contribution >= 0.6 is 0 Å². The van der Waals surface area contributed by atoms with Crippen LogP contribution in [-0.2, 0) is 6.42 Å². The summed E-state index contributed by atoms with van der Waals surface area (Å²) in [5.41, 5.74) is 2.40. The first-order valence-electron chi connectivity index (χ1n) is 6.57. The lowest BCUT2D eigenvalue weighted by Crippen LogP contribution is -2.30. The number of hydrogen-bond acceptors (Lipinski definition) is 3. The van der Waals surface area contributed by atoms with Gasteiger partial charge in [0.2, 0.25) is 0 Å². The van der Waals surface area contributed by atoms with Gasteiger partial charge in [-0.25, -0.2) is 0 Å². The molecule has 1 aromatic heterocycles. The molecule has 2 atom stereocenters. The zero-order chi connectivity index (χ0) is 13.7. The lowest BCUT2D eigenvalue weighted by Gasteiger charge is -2.20. The molecule has 0 fully saturated rings. The minimum Gasteiger partial charge on any atom is -0.496 e. The number of rotatable bonds is 6. The average molecular weight is 259 g/mol. The molecule has 19 heavy (non-hydrogen) atoms. The van der Waals surface area contributed by atoms with Crippen LogP contribution < -0.4 is 10.1 Å². The monoisotopic (exact) mass is 259 g/mol. The maximum atomic E-state index is 5.38. The van der Waals surface area contributed by atoms with E-state index in [1.165, 1.54) is 11.1 Å². The summed E-state index contributed by atoms with van der Waals surface area (Å²) in [7, 11) is 1.71. The summed E-state index contributed by atoms with van der Waals surface area (Å²) >= 11 is 0. The Morgan fingerprint density at radius 1 is 1.32 bits per heavy atom. The van der Waals surface area contributed by atoms with Gasteiger partial charge in [0, 0.05) is 23.8 Å². The molecule has 0 aliphatic carbocycles. The first kappa shape index (κ1) is 13.6. The number of benzene rings is 1. The molecule has 1 heterocycles. The van der Waals surface area contributed by atoms with Gasteiger partial charge in [0.25, 0.3) is 0 Å². The Bertz CT molecular complexity index is 496. The maximum absolute atomic E-state index is 5.38. The number of nitrogens with one attached hydrogen (secondary N) is 2. The first-order valence-corrected chi connectivity index (χ1v) is 6.57. The molecule has 0 aliphatic heterocycles. The van der Waals surface area contributed by atoms with Crippen molar-refractivity contribution in [2.45, 2.75) is 32.4 Å². The Labute approximate surface area is 114 Å². The SMILES string of the molecule is COc1ccccc1CC(C)NC(C)c1cn[nH]c1. The lowest BCUT2D eigenvalue weighted by atomic mass is 10.0. The number of aromatic nitrogens is 2. The topological polar surface area (TPSA) is 49.9 Å². The fraction of sp³-hybridized carbons (Fsp3) is 0.400. The Balaban J connectivity index is 1.95. The van der Waals surface area contributed by atoms with Crippen LogP contribution in [0.4, 0.5) is 0 Å². The Kier molecular flexibility index (Phi) is 4.58. The van der Waals surface area contributed by atoms with Gasteiger partial charge in [-0.1, -0.05) is 18.2 Å². The molecule has 0 bridgehead atoms. The van der Waals surface area contributed by atoms with Gasteiger partial charge in [-0.05, 0) is 31.9 Å². The van der Waals surface area contributed by atoms with Crippen LogP contribution in [0, 0.1) is 0 Å². The van der Waals surface area contributed by atoms with Crippen molar-refractivity contribution in [1.82, 2.24) is 15.5 Å². The van der Waals surface area contributed by atoms with Crippen molar-refractivity contribution in [3.05, 3.63) is 47.8 Å². The van der Waals surface area contributed by atoms with E-state index in [1.54, 1.807) is 7.11 Å². The fourth-order valence-electron chi connectivity index (χ4n) is 2.28. The van der Waals surface area contributed by atoms with Crippen LogP contribution in [0.1, 0.15) is 31.0 Å². The molecule has 2 aromatic rings. The number of H-pyrrole nitrogens is 1. The Morgan fingerprint density at radius 2 is 2.11 bits per heavy atom. The highest BCUT2D eigenvalue weighted by molar-refractivity contribution is 5.33. The first-order chi connectivity index (χ1) is 9.20. The Morgan fingerprint density at radius 3 is 2.79 bits per heavy atom. The molecule has 0 spiro atoms. The quantitative estimate of drug-likeness (QED) is 0.838. The second kappa shape index (κ2) is 6.38. The molecule has 4 heteroatoms. The average Bonchev–Trinajstić information content (AvgIpc) is 2.93. The van der Waals surface area contributed by atoms with Gasteiger partial charge < -0.3 is 10.1 Å². The van der Waals surface area contributed by atoms with Gasteiger partial charge in [0.15, 0.2) is 0 Å². The highest BCUT2D eigenvalue weighted by Crippen LogP contribution is 2.20. The van der Waals surface area contributed by atoms with Crippen LogP contribution in [0.3, 0.4) is 0 Å². The molecule has 0 aliphatic rings. The van der Waals surface area contributed by atoms with Crippen LogP contribution in [0.25, 0.3) is 0 Å². The molecule has 1 aromatic carbocycles. The number of methoxy groups -OCH3 is 1. The number of nitrogens with zero attached hydrogens (tertiary/aromatic N) is 1. The van der Waals surface area contributed by atoms with Crippen molar-refractivity contribution in [2.75, 3.05) is 7.11 Å². The second-order valence-electron chi connectivity index (χ2n) is 4.84. The molecular weight excluding hydrogens is 238 g/mol. The molecule has 0 saturated carbocycles. The van der Waals surface area contributed by atoms with E-state index in [9.17, 15) is 0 Å². The number of ether oxygens (including phenoxy) is 1. The molecule has 2 rings (SSSR count). The second-order valence-corrected chi connectivity index (χ2v) is 4.84. The summed E-state index contributed by atoms with van der Waals surface area (Å²) in [6.45, 7) is 4.33. The summed E-state index contributed by atoms with van der Waals surface area (Å²) in [4.78, 5) is 0. The summed E-state index contributed by atoms with van der Waals surface area (Å²) in [6, 6.07) is 8.80. The zero-order valence-electron chi connectivity index (χ0n) is 11.7. The van der Waals surface area contributed by atoms with E-state index in [0.717, 1.165) is 12.2 Å². The van der Waals surface area contributed by atoms with Crippen LogP contribution in [0.15, 0.2) is 36.7 Å². The van der Waals surface area contributed by atoms with E-state index in [4.69, 9.17) is 4.74 Å². The van der Waals surface area contributed by atoms with E-state index in [0.29, 0.717) is 6.04 Å².